The maximum Gasteiger partial charge on any atom is 0.211 e. The first-order chi connectivity index (χ1) is 5.65. The summed E-state index contributed by atoms with van der Waals surface area (Å²) in [6.07, 6.45) is 1.19. The lowest BCUT2D eigenvalue weighted by molar-refractivity contribution is 0.0734. The third-order valence-corrected chi connectivity index (χ3v) is 1.66. The van der Waals surface area contributed by atoms with Crippen LogP contribution in [0.15, 0.2) is 12.3 Å². The zero-order chi connectivity index (χ0) is 9.14. The van der Waals surface area contributed by atoms with Gasteiger partial charge >= 0.3 is 0 Å². The van der Waals surface area contributed by atoms with Crippen molar-refractivity contribution in [3.05, 3.63) is 18.0 Å². The number of hydrogen-bond donors (Lipinski definition) is 1. The summed E-state index contributed by atoms with van der Waals surface area (Å²) in [6.45, 7) is 1.76. The quantitative estimate of drug-likeness (QED) is 0.663. The van der Waals surface area contributed by atoms with Gasteiger partial charge < -0.3 is 5.11 Å². The Balaban J connectivity index is 2.78. The molecule has 66 valence electrons. The summed E-state index contributed by atoms with van der Waals surface area (Å²) in [5.74, 6) is -0.307. The molecule has 1 atom stereocenters. The Morgan fingerprint density at radius 1 is 1.83 bits per heavy atom. The van der Waals surface area contributed by atoms with Gasteiger partial charge in [-0.2, -0.15) is 5.10 Å². The number of aromatic nitrogens is 2. The molecule has 4 nitrogen and oxygen atoms in total. The van der Waals surface area contributed by atoms with E-state index in [0.29, 0.717) is 12.1 Å². The first-order valence-electron chi connectivity index (χ1n) is 3.87. The Hall–Kier alpha value is -1.16. The predicted molar refractivity (Wildman–Crippen MR) is 43.8 cm³/mol. The van der Waals surface area contributed by atoms with Crippen molar-refractivity contribution in [3.8, 4) is 0 Å². The monoisotopic (exact) mass is 168 g/mol. The molecule has 1 rings (SSSR count). The molecule has 0 fully saturated rings. The van der Waals surface area contributed by atoms with Crippen LogP contribution in [0.1, 0.15) is 23.8 Å². The van der Waals surface area contributed by atoms with Gasteiger partial charge in [-0.3, -0.25) is 9.48 Å². The second kappa shape index (κ2) is 3.49. The number of carbonyl (C=O) groups is 1. The van der Waals surface area contributed by atoms with Crippen molar-refractivity contribution in [2.24, 2.45) is 7.05 Å². The van der Waals surface area contributed by atoms with E-state index in [2.05, 4.69) is 5.10 Å². The SMILES string of the molecule is CCC(O)C(=O)c1ccn(C)n1. The summed E-state index contributed by atoms with van der Waals surface area (Å²) in [4.78, 5) is 11.3. The maximum absolute atomic E-state index is 11.3. The van der Waals surface area contributed by atoms with E-state index < -0.39 is 6.10 Å². The minimum absolute atomic E-state index is 0.307. The van der Waals surface area contributed by atoms with Gasteiger partial charge in [0.05, 0.1) is 0 Å². The van der Waals surface area contributed by atoms with Crippen molar-refractivity contribution in [1.29, 1.82) is 0 Å². The molecule has 0 bridgehead atoms. The van der Waals surface area contributed by atoms with E-state index in [0.717, 1.165) is 0 Å². The van der Waals surface area contributed by atoms with E-state index in [9.17, 15) is 9.90 Å². The first kappa shape index (κ1) is 8.93. The number of aryl methyl sites for hydroxylation is 1. The number of Topliss-reactive ketones (excluding diaryl/α,β-unsaturated/α-hetero) is 1. The largest absolute Gasteiger partial charge is 0.385 e. The van der Waals surface area contributed by atoms with Gasteiger partial charge in [0.25, 0.3) is 0 Å². The first-order valence-corrected chi connectivity index (χ1v) is 3.87. The van der Waals surface area contributed by atoms with E-state index in [1.54, 1.807) is 26.2 Å². The predicted octanol–water partition coefficient (Wildman–Crippen LogP) is 0.374. The van der Waals surface area contributed by atoms with Crippen molar-refractivity contribution < 1.29 is 9.90 Å². The van der Waals surface area contributed by atoms with Crippen LogP contribution in [0.4, 0.5) is 0 Å². The Bertz CT molecular complexity index is 280. The molecule has 0 saturated carbocycles. The fraction of sp³-hybridized carbons (Fsp3) is 0.500. The van der Waals surface area contributed by atoms with Crippen molar-refractivity contribution >= 4 is 5.78 Å². The molecule has 1 aromatic heterocycles. The average molecular weight is 168 g/mol. The highest BCUT2D eigenvalue weighted by Gasteiger charge is 2.16. The van der Waals surface area contributed by atoms with Crippen LogP contribution in [0, 0.1) is 0 Å². The van der Waals surface area contributed by atoms with Gasteiger partial charge in [0.2, 0.25) is 5.78 Å². The van der Waals surface area contributed by atoms with Crippen LogP contribution in [-0.4, -0.2) is 26.8 Å². The molecule has 1 N–H and O–H groups in total. The molecule has 12 heavy (non-hydrogen) atoms. The van der Waals surface area contributed by atoms with Crippen molar-refractivity contribution in [1.82, 2.24) is 9.78 Å². The zero-order valence-corrected chi connectivity index (χ0v) is 7.19. The molecule has 0 spiro atoms. The van der Waals surface area contributed by atoms with Crippen molar-refractivity contribution in [3.63, 3.8) is 0 Å². The molecule has 0 aliphatic carbocycles. The number of rotatable bonds is 3. The van der Waals surface area contributed by atoms with Crippen molar-refractivity contribution in [2.75, 3.05) is 0 Å². The Labute approximate surface area is 70.8 Å². The van der Waals surface area contributed by atoms with E-state index in [-0.39, 0.29) is 5.78 Å². The average Bonchev–Trinajstić information content (AvgIpc) is 2.49. The van der Waals surface area contributed by atoms with Crippen LogP contribution >= 0.6 is 0 Å². The molecule has 0 saturated heterocycles. The number of carbonyl (C=O) groups excluding carboxylic acids is 1. The van der Waals surface area contributed by atoms with Gasteiger partial charge in [0.15, 0.2) is 0 Å². The lowest BCUT2D eigenvalue weighted by Crippen LogP contribution is -2.19. The molecule has 0 amide bonds. The molecular formula is C8H12N2O2. The minimum atomic E-state index is -0.917. The second-order valence-electron chi connectivity index (χ2n) is 2.66. The van der Waals surface area contributed by atoms with E-state index in [4.69, 9.17) is 0 Å². The number of ketones is 1. The Kier molecular flexibility index (Phi) is 2.60. The summed E-state index contributed by atoms with van der Waals surface area (Å²) >= 11 is 0. The highest BCUT2D eigenvalue weighted by molar-refractivity contribution is 5.97. The molecule has 0 aliphatic rings. The fourth-order valence-electron chi connectivity index (χ4n) is 0.903. The standard InChI is InChI=1S/C8H12N2O2/c1-3-7(11)8(12)6-4-5-10(2)9-6/h4-5,7,11H,3H2,1-2H3. The topological polar surface area (TPSA) is 55.1 Å². The zero-order valence-electron chi connectivity index (χ0n) is 7.19. The van der Waals surface area contributed by atoms with Crippen molar-refractivity contribution in [2.45, 2.75) is 19.4 Å². The summed E-state index contributed by atoms with van der Waals surface area (Å²) in [6, 6.07) is 1.60. The minimum Gasteiger partial charge on any atom is -0.385 e. The van der Waals surface area contributed by atoms with Gasteiger partial charge in [0.1, 0.15) is 11.8 Å². The maximum atomic E-state index is 11.3. The van der Waals surface area contributed by atoms with Gasteiger partial charge in [0, 0.05) is 13.2 Å². The molecule has 4 heteroatoms. The van der Waals surface area contributed by atoms with Crippen LogP contribution in [0.2, 0.25) is 0 Å². The van der Waals surface area contributed by atoms with Gasteiger partial charge in [-0.05, 0) is 12.5 Å². The smallest absolute Gasteiger partial charge is 0.211 e. The summed E-state index contributed by atoms with van der Waals surface area (Å²) < 4.78 is 1.54. The van der Waals surface area contributed by atoms with E-state index in [1.807, 2.05) is 0 Å². The number of aliphatic hydroxyl groups is 1. The second-order valence-corrected chi connectivity index (χ2v) is 2.66. The van der Waals surface area contributed by atoms with E-state index >= 15 is 0 Å². The molecule has 0 aromatic carbocycles. The van der Waals surface area contributed by atoms with Crippen LogP contribution in [0.3, 0.4) is 0 Å². The lowest BCUT2D eigenvalue weighted by atomic mass is 10.1. The Morgan fingerprint density at radius 3 is 2.92 bits per heavy atom. The number of nitrogens with zero attached hydrogens (tertiary/aromatic N) is 2. The van der Waals surface area contributed by atoms with Crippen LogP contribution in [0.25, 0.3) is 0 Å². The van der Waals surface area contributed by atoms with E-state index in [1.165, 1.54) is 4.68 Å². The molecule has 1 aromatic rings. The lowest BCUT2D eigenvalue weighted by Gasteiger charge is -2.02. The highest BCUT2D eigenvalue weighted by Crippen LogP contribution is 2.02. The number of aliphatic hydroxyl groups excluding tert-OH is 1. The van der Waals surface area contributed by atoms with Gasteiger partial charge in [-0.25, -0.2) is 0 Å². The third kappa shape index (κ3) is 1.71. The summed E-state index contributed by atoms with van der Waals surface area (Å²) in [5, 5.41) is 13.1. The summed E-state index contributed by atoms with van der Waals surface area (Å²) in [7, 11) is 1.73. The van der Waals surface area contributed by atoms with Crippen LogP contribution in [0.5, 0.6) is 0 Å². The molecule has 1 unspecified atom stereocenters. The summed E-state index contributed by atoms with van der Waals surface area (Å²) in [5.41, 5.74) is 0.326. The fourth-order valence-corrected chi connectivity index (χ4v) is 0.903. The molecule has 0 radical (unpaired) electrons. The van der Waals surface area contributed by atoms with Crippen LogP contribution in [-0.2, 0) is 7.05 Å². The normalized spacial score (nSPS) is 12.9. The van der Waals surface area contributed by atoms with Crippen LogP contribution < -0.4 is 0 Å². The third-order valence-electron chi connectivity index (χ3n) is 1.66. The number of hydrogen-bond acceptors (Lipinski definition) is 3. The molecule has 1 heterocycles. The van der Waals surface area contributed by atoms with Gasteiger partial charge in [-0.1, -0.05) is 6.92 Å². The van der Waals surface area contributed by atoms with Gasteiger partial charge in [-0.15, -0.1) is 0 Å². The highest BCUT2D eigenvalue weighted by atomic mass is 16.3. The molecule has 0 aliphatic heterocycles. The molecular weight excluding hydrogens is 156 g/mol. The Morgan fingerprint density at radius 2 is 2.50 bits per heavy atom.